The number of nitrogens with two attached hydrogens (primary N) is 2. The molecule has 2 aliphatic rings. The smallest absolute Gasteiger partial charge is 0.292 e. The first-order valence-electron chi connectivity index (χ1n) is 9.55. The van der Waals surface area contributed by atoms with E-state index in [0.29, 0.717) is 11.4 Å². The first-order valence-corrected chi connectivity index (χ1v) is 9.55. The summed E-state index contributed by atoms with van der Waals surface area (Å²) in [6.07, 6.45) is 2.04. The van der Waals surface area contributed by atoms with Crippen molar-refractivity contribution in [2.24, 2.45) is 0 Å². The Kier molecular flexibility index (Phi) is 5.24. The number of hydrogen-bond acceptors (Lipinski definition) is 6. The quantitative estimate of drug-likeness (QED) is 0.614. The van der Waals surface area contributed by atoms with Crippen LogP contribution < -0.4 is 33.2 Å². The fourth-order valence-electron chi connectivity index (χ4n) is 3.65. The van der Waals surface area contributed by atoms with Crippen LogP contribution in [0.1, 0.15) is 33.6 Å². The molecule has 0 saturated heterocycles. The number of aromatic nitrogens is 4. The molecular weight excluding hydrogens is 348 g/mol. The zero-order chi connectivity index (χ0) is 19.7. The number of fused-ring (bicyclic) bond motifs is 2. The standard InChI is InChI=1S/C9H16N4O.C8H14N4O/c1-6(2)11-8-7(10)9(14)13-5-3-4-12(8)13;1-2-10-7-6(9)8(13)12-5-3-4-11(7)12/h6,11H,3-5,10H2,1-2H3;10H,2-5,9H2,1H3. The average Bonchev–Trinajstić information content (AvgIpc) is 3.37. The molecule has 2 aliphatic heterocycles. The predicted octanol–water partition coefficient (Wildman–Crippen LogP) is 0.524. The van der Waals surface area contributed by atoms with Gasteiger partial charge in [-0.3, -0.25) is 19.0 Å². The minimum absolute atomic E-state index is 0.0616. The van der Waals surface area contributed by atoms with Crippen molar-refractivity contribution in [1.29, 1.82) is 0 Å². The van der Waals surface area contributed by atoms with Crippen molar-refractivity contribution in [2.45, 2.75) is 65.8 Å². The van der Waals surface area contributed by atoms with Gasteiger partial charge in [0.1, 0.15) is 17.2 Å². The Balaban J connectivity index is 0.000000156. The van der Waals surface area contributed by atoms with E-state index in [2.05, 4.69) is 10.6 Å². The Bertz CT molecular complexity index is 930. The van der Waals surface area contributed by atoms with Crippen LogP contribution in [0, 0.1) is 0 Å². The van der Waals surface area contributed by atoms with Crippen LogP contribution in [-0.4, -0.2) is 31.3 Å². The zero-order valence-corrected chi connectivity index (χ0v) is 16.3. The lowest BCUT2D eigenvalue weighted by molar-refractivity contribution is 0.596. The molecule has 0 amide bonds. The van der Waals surface area contributed by atoms with Crippen molar-refractivity contribution in [2.75, 3.05) is 28.6 Å². The molecule has 150 valence electrons. The highest BCUT2D eigenvalue weighted by molar-refractivity contribution is 5.62. The van der Waals surface area contributed by atoms with Crippen LogP contribution in [-0.2, 0) is 26.2 Å². The van der Waals surface area contributed by atoms with Crippen LogP contribution in [0.4, 0.5) is 23.0 Å². The second-order valence-corrected chi connectivity index (χ2v) is 7.16. The SMILES string of the molecule is CC(C)Nc1c(N)c(=O)n2n1CCC2.CCNc1c(N)c(=O)n2n1CCC2. The summed E-state index contributed by atoms with van der Waals surface area (Å²) in [5.41, 5.74) is 12.0. The van der Waals surface area contributed by atoms with Crippen LogP contribution in [0.2, 0.25) is 0 Å². The van der Waals surface area contributed by atoms with Gasteiger partial charge in [0.25, 0.3) is 11.1 Å². The molecule has 0 unspecified atom stereocenters. The third-order valence-electron chi connectivity index (χ3n) is 4.79. The van der Waals surface area contributed by atoms with Gasteiger partial charge in [0.15, 0.2) is 5.82 Å². The fraction of sp³-hybridized carbons (Fsp3) is 0.647. The molecule has 27 heavy (non-hydrogen) atoms. The highest BCUT2D eigenvalue weighted by Crippen LogP contribution is 2.21. The van der Waals surface area contributed by atoms with E-state index in [1.165, 1.54) is 0 Å². The minimum atomic E-state index is -0.0642. The van der Waals surface area contributed by atoms with Gasteiger partial charge in [0.05, 0.1) is 0 Å². The lowest BCUT2D eigenvalue weighted by Gasteiger charge is -2.12. The molecule has 2 aromatic rings. The number of anilines is 4. The molecule has 4 heterocycles. The predicted molar refractivity (Wildman–Crippen MR) is 108 cm³/mol. The molecule has 10 nitrogen and oxygen atoms in total. The highest BCUT2D eigenvalue weighted by Gasteiger charge is 2.22. The van der Waals surface area contributed by atoms with E-state index in [9.17, 15) is 9.59 Å². The molecule has 10 heteroatoms. The molecule has 0 radical (unpaired) electrons. The minimum Gasteiger partial charge on any atom is -0.391 e. The second kappa shape index (κ2) is 7.45. The third-order valence-corrected chi connectivity index (χ3v) is 4.79. The van der Waals surface area contributed by atoms with E-state index >= 15 is 0 Å². The van der Waals surface area contributed by atoms with E-state index < -0.39 is 0 Å². The summed E-state index contributed by atoms with van der Waals surface area (Å²) in [4.78, 5) is 23.2. The highest BCUT2D eigenvalue weighted by atomic mass is 16.1. The second-order valence-electron chi connectivity index (χ2n) is 7.16. The summed E-state index contributed by atoms with van der Waals surface area (Å²) >= 11 is 0. The average molecular weight is 378 g/mol. The van der Waals surface area contributed by atoms with Crippen LogP contribution in [0.15, 0.2) is 9.59 Å². The topological polar surface area (TPSA) is 130 Å². The third kappa shape index (κ3) is 3.31. The van der Waals surface area contributed by atoms with Gasteiger partial charge >= 0.3 is 0 Å². The van der Waals surface area contributed by atoms with E-state index in [1.807, 2.05) is 30.1 Å². The molecule has 0 saturated carbocycles. The van der Waals surface area contributed by atoms with Crippen LogP contribution in [0.3, 0.4) is 0 Å². The summed E-state index contributed by atoms with van der Waals surface area (Å²) in [5, 5.41) is 6.33. The molecule has 0 aliphatic carbocycles. The normalized spacial score (nSPS) is 14.7. The van der Waals surface area contributed by atoms with Gasteiger partial charge in [-0.15, -0.1) is 0 Å². The summed E-state index contributed by atoms with van der Waals surface area (Å²) in [6.45, 7) is 10.2. The summed E-state index contributed by atoms with van der Waals surface area (Å²) in [6, 6.07) is 0.289. The van der Waals surface area contributed by atoms with Crippen molar-refractivity contribution < 1.29 is 0 Å². The molecule has 0 fully saturated rings. The van der Waals surface area contributed by atoms with Crippen LogP contribution in [0.5, 0.6) is 0 Å². The fourth-order valence-corrected chi connectivity index (χ4v) is 3.65. The molecule has 0 spiro atoms. The van der Waals surface area contributed by atoms with Gasteiger partial charge in [-0.05, 0) is 33.6 Å². The number of nitrogens with one attached hydrogen (secondary N) is 2. The van der Waals surface area contributed by atoms with E-state index in [1.54, 1.807) is 9.36 Å². The van der Waals surface area contributed by atoms with Gasteiger partial charge in [-0.1, -0.05) is 0 Å². The van der Waals surface area contributed by atoms with E-state index in [-0.39, 0.29) is 17.2 Å². The van der Waals surface area contributed by atoms with Gasteiger partial charge in [0.2, 0.25) is 0 Å². The van der Waals surface area contributed by atoms with Crippen molar-refractivity contribution in [3.63, 3.8) is 0 Å². The van der Waals surface area contributed by atoms with Crippen LogP contribution >= 0.6 is 0 Å². The number of hydrogen-bond donors (Lipinski definition) is 4. The van der Waals surface area contributed by atoms with E-state index in [0.717, 1.165) is 57.2 Å². The number of rotatable bonds is 4. The molecule has 0 atom stereocenters. The molecule has 4 rings (SSSR count). The van der Waals surface area contributed by atoms with Gasteiger partial charge in [-0.25, -0.2) is 9.36 Å². The van der Waals surface area contributed by atoms with E-state index in [4.69, 9.17) is 11.5 Å². The largest absolute Gasteiger partial charge is 0.391 e. The Labute approximate surface area is 157 Å². The Morgan fingerprint density at radius 2 is 1.30 bits per heavy atom. The number of nitrogens with zero attached hydrogens (tertiary/aromatic N) is 4. The summed E-state index contributed by atoms with van der Waals surface area (Å²) in [7, 11) is 0. The van der Waals surface area contributed by atoms with Crippen LogP contribution in [0.25, 0.3) is 0 Å². The first-order chi connectivity index (χ1) is 12.9. The lowest BCUT2D eigenvalue weighted by Crippen LogP contribution is -2.18. The maximum absolute atomic E-state index is 11.6. The molecule has 2 aromatic heterocycles. The Morgan fingerprint density at radius 1 is 0.852 bits per heavy atom. The number of nitrogen functional groups attached to an aromatic ring is 2. The van der Waals surface area contributed by atoms with Crippen molar-refractivity contribution in [1.82, 2.24) is 18.7 Å². The molecular formula is C17H30N8O2. The van der Waals surface area contributed by atoms with Gasteiger partial charge in [-0.2, -0.15) is 0 Å². The maximum atomic E-state index is 11.6. The summed E-state index contributed by atoms with van der Waals surface area (Å²) < 4.78 is 7.28. The molecule has 0 aromatic carbocycles. The van der Waals surface area contributed by atoms with Crippen molar-refractivity contribution >= 4 is 23.0 Å². The lowest BCUT2D eigenvalue weighted by atomic mass is 10.3. The maximum Gasteiger partial charge on any atom is 0.292 e. The van der Waals surface area contributed by atoms with Gasteiger partial charge in [0, 0.05) is 38.8 Å². The monoisotopic (exact) mass is 378 g/mol. The Morgan fingerprint density at radius 3 is 1.78 bits per heavy atom. The summed E-state index contributed by atoms with van der Waals surface area (Å²) in [5.74, 6) is 1.56. The van der Waals surface area contributed by atoms with Crippen molar-refractivity contribution in [3.8, 4) is 0 Å². The zero-order valence-electron chi connectivity index (χ0n) is 16.3. The molecule has 0 bridgehead atoms. The first kappa shape index (κ1) is 19.0. The van der Waals surface area contributed by atoms with Gasteiger partial charge < -0.3 is 22.1 Å². The Hall–Kier alpha value is -2.78. The van der Waals surface area contributed by atoms with Crippen molar-refractivity contribution in [3.05, 3.63) is 20.7 Å². The molecule has 6 N–H and O–H groups in total.